The summed E-state index contributed by atoms with van der Waals surface area (Å²) in [5, 5.41) is 5.43. The lowest BCUT2D eigenvalue weighted by molar-refractivity contribution is -0.137. The summed E-state index contributed by atoms with van der Waals surface area (Å²) in [4.78, 5) is 4.01. The minimum absolute atomic E-state index is 0.153. The van der Waals surface area contributed by atoms with Crippen LogP contribution in [0.1, 0.15) is 11.1 Å². The molecule has 0 radical (unpaired) electrons. The van der Waals surface area contributed by atoms with Crippen LogP contribution in [-0.4, -0.2) is 12.0 Å². The Morgan fingerprint density at radius 1 is 1.26 bits per heavy atom. The highest BCUT2D eigenvalue weighted by Crippen LogP contribution is 2.32. The molecule has 19 heavy (non-hydrogen) atoms. The highest BCUT2D eigenvalue weighted by molar-refractivity contribution is 5.49. The third-order valence-corrected chi connectivity index (χ3v) is 2.46. The van der Waals surface area contributed by atoms with Crippen LogP contribution in [-0.2, 0) is 12.7 Å². The van der Waals surface area contributed by atoms with E-state index in [1.165, 1.54) is 19.6 Å². The molecule has 0 fully saturated rings. The number of nitrogens with zero attached hydrogens (tertiary/aromatic N) is 1. The van der Waals surface area contributed by atoms with Crippen molar-refractivity contribution in [2.75, 3.05) is 17.7 Å². The van der Waals surface area contributed by atoms with Crippen LogP contribution in [0.2, 0.25) is 0 Å². The molecule has 0 aromatic carbocycles. The van der Waals surface area contributed by atoms with Crippen LogP contribution in [0.3, 0.4) is 0 Å². The second-order valence-corrected chi connectivity index (χ2v) is 3.86. The summed E-state index contributed by atoms with van der Waals surface area (Å²) in [7, 11) is 1.52. The normalized spacial score (nSPS) is 11.4. The molecule has 0 bridgehead atoms. The molecule has 102 valence electrons. The molecule has 0 aliphatic carbocycles. The summed E-state index contributed by atoms with van der Waals surface area (Å²) in [5.41, 5.74) is 0.0757. The lowest BCUT2D eigenvalue weighted by Crippen LogP contribution is -2.09. The molecule has 2 aromatic heterocycles. The Morgan fingerprint density at radius 3 is 2.58 bits per heavy atom. The quantitative estimate of drug-likeness (QED) is 0.895. The predicted molar refractivity (Wildman–Crippen MR) is 64.8 cm³/mol. The number of furan rings is 1. The maximum absolute atomic E-state index is 12.7. The van der Waals surface area contributed by atoms with E-state index in [-0.39, 0.29) is 11.6 Å². The number of hydrogen-bond donors (Lipinski definition) is 2. The van der Waals surface area contributed by atoms with Gasteiger partial charge < -0.3 is 15.1 Å². The van der Waals surface area contributed by atoms with Crippen molar-refractivity contribution in [2.45, 2.75) is 12.7 Å². The third kappa shape index (κ3) is 3.40. The van der Waals surface area contributed by atoms with E-state index in [2.05, 4.69) is 15.6 Å². The highest BCUT2D eigenvalue weighted by Gasteiger charge is 2.31. The van der Waals surface area contributed by atoms with Crippen molar-refractivity contribution in [1.82, 2.24) is 4.98 Å². The maximum atomic E-state index is 12.7. The van der Waals surface area contributed by atoms with Gasteiger partial charge in [-0.25, -0.2) is 4.98 Å². The van der Waals surface area contributed by atoms with Crippen molar-refractivity contribution in [3.8, 4) is 0 Å². The average Bonchev–Trinajstić information content (AvgIpc) is 2.88. The lowest BCUT2D eigenvalue weighted by Gasteiger charge is -2.12. The van der Waals surface area contributed by atoms with Crippen LogP contribution in [0.25, 0.3) is 0 Å². The maximum Gasteiger partial charge on any atom is 0.416 e. The second kappa shape index (κ2) is 5.21. The summed E-state index contributed by atoms with van der Waals surface area (Å²) in [5.74, 6) is 0.310. The lowest BCUT2D eigenvalue weighted by atomic mass is 10.2. The molecule has 0 aliphatic rings. The van der Waals surface area contributed by atoms with Crippen molar-refractivity contribution >= 4 is 11.6 Å². The first-order valence-corrected chi connectivity index (χ1v) is 5.51. The van der Waals surface area contributed by atoms with Crippen LogP contribution in [0.15, 0.2) is 35.1 Å². The smallest absolute Gasteiger partial charge is 0.416 e. The number of pyridine rings is 1. The van der Waals surface area contributed by atoms with Gasteiger partial charge in [-0.3, -0.25) is 0 Å². The van der Waals surface area contributed by atoms with E-state index in [9.17, 15) is 13.2 Å². The topological polar surface area (TPSA) is 50.1 Å². The van der Waals surface area contributed by atoms with Crippen LogP contribution in [0.4, 0.5) is 24.8 Å². The van der Waals surface area contributed by atoms with Gasteiger partial charge in [-0.1, -0.05) is 0 Å². The third-order valence-electron chi connectivity index (χ3n) is 2.46. The van der Waals surface area contributed by atoms with E-state index in [1.807, 2.05) is 0 Å². The van der Waals surface area contributed by atoms with Gasteiger partial charge in [0.15, 0.2) is 0 Å². The fourth-order valence-corrected chi connectivity index (χ4v) is 1.50. The van der Waals surface area contributed by atoms with Crippen LogP contribution in [0, 0.1) is 0 Å². The summed E-state index contributed by atoms with van der Waals surface area (Å²) in [6.07, 6.45) is -1.39. The van der Waals surface area contributed by atoms with Crippen LogP contribution in [0.5, 0.6) is 0 Å². The molecule has 2 heterocycles. The fourth-order valence-electron chi connectivity index (χ4n) is 1.50. The number of nitrogens with one attached hydrogen (secondary N) is 2. The van der Waals surface area contributed by atoms with E-state index in [4.69, 9.17) is 4.42 Å². The van der Waals surface area contributed by atoms with Crippen molar-refractivity contribution in [3.63, 3.8) is 0 Å². The van der Waals surface area contributed by atoms with Gasteiger partial charge in [-0.15, -0.1) is 0 Å². The number of alkyl halides is 3. The van der Waals surface area contributed by atoms with Gasteiger partial charge in [-0.05, 0) is 18.2 Å². The minimum atomic E-state index is -4.40. The molecule has 0 unspecified atom stereocenters. The van der Waals surface area contributed by atoms with Gasteiger partial charge in [-0.2, -0.15) is 13.2 Å². The predicted octanol–water partition coefficient (Wildman–Crippen LogP) is 3.35. The molecule has 0 atom stereocenters. The van der Waals surface area contributed by atoms with Crippen molar-refractivity contribution in [1.29, 1.82) is 0 Å². The molecule has 0 saturated carbocycles. The van der Waals surface area contributed by atoms with Gasteiger partial charge in [0.25, 0.3) is 0 Å². The Bertz CT molecular complexity index is 538. The zero-order chi connectivity index (χ0) is 13.9. The van der Waals surface area contributed by atoms with Crippen molar-refractivity contribution < 1.29 is 17.6 Å². The zero-order valence-corrected chi connectivity index (χ0v) is 10.1. The minimum Gasteiger partial charge on any atom is -0.472 e. The summed E-state index contributed by atoms with van der Waals surface area (Å²) < 4.78 is 43.0. The highest BCUT2D eigenvalue weighted by atomic mass is 19.4. The largest absolute Gasteiger partial charge is 0.472 e. The van der Waals surface area contributed by atoms with Gasteiger partial charge in [0.1, 0.15) is 11.6 Å². The van der Waals surface area contributed by atoms with Crippen LogP contribution < -0.4 is 10.6 Å². The Labute approximate surface area is 107 Å². The van der Waals surface area contributed by atoms with E-state index in [1.54, 1.807) is 6.07 Å². The number of rotatable bonds is 4. The molecular formula is C12H12F3N3O. The van der Waals surface area contributed by atoms with Crippen molar-refractivity contribution in [2.24, 2.45) is 0 Å². The van der Waals surface area contributed by atoms with E-state index < -0.39 is 11.7 Å². The number of halogens is 3. The Balaban J connectivity index is 2.19. The van der Waals surface area contributed by atoms with Gasteiger partial charge in [0.05, 0.1) is 18.1 Å². The molecule has 2 aromatic rings. The monoisotopic (exact) mass is 271 g/mol. The number of aromatic nitrogens is 1. The average molecular weight is 271 g/mol. The first-order chi connectivity index (χ1) is 8.99. The second-order valence-electron chi connectivity index (χ2n) is 3.86. The molecule has 0 amide bonds. The Hall–Kier alpha value is -2.18. The summed E-state index contributed by atoms with van der Waals surface area (Å²) >= 11 is 0. The van der Waals surface area contributed by atoms with Crippen molar-refractivity contribution in [3.05, 3.63) is 41.9 Å². The Kier molecular flexibility index (Phi) is 3.64. The molecule has 2 N–H and O–H groups in total. The first-order valence-electron chi connectivity index (χ1n) is 5.51. The molecule has 7 heteroatoms. The molecule has 0 saturated heterocycles. The molecule has 0 spiro atoms. The molecule has 0 aliphatic heterocycles. The SMILES string of the molecule is CNc1cc(C(F)(F)F)cc(NCc2ccoc2)n1. The summed E-state index contributed by atoms with van der Waals surface area (Å²) in [6.45, 7) is 0.341. The number of hydrogen-bond acceptors (Lipinski definition) is 4. The molecular weight excluding hydrogens is 259 g/mol. The molecule has 4 nitrogen and oxygen atoms in total. The fraction of sp³-hybridized carbons (Fsp3) is 0.250. The van der Waals surface area contributed by atoms with E-state index in [0.29, 0.717) is 6.54 Å². The van der Waals surface area contributed by atoms with Gasteiger partial charge in [0, 0.05) is 19.2 Å². The van der Waals surface area contributed by atoms with E-state index >= 15 is 0 Å². The number of anilines is 2. The van der Waals surface area contributed by atoms with Crippen LogP contribution >= 0.6 is 0 Å². The molecule has 2 rings (SSSR count). The first kappa shape index (κ1) is 13.3. The standard InChI is InChI=1S/C12H12F3N3O/c1-16-10-4-9(12(13,14)15)5-11(18-10)17-6-8-2-3-19-7-8/h2-5,7H,6H2,1H3,(H2,16,17,18). The van der Waals surface area contributed by atoms with E-state index in [0.717, 1.165) is 17.7 Å². The Morgan fingerprint density at radius 2 is 2.00 bits per heavy atom. The van der Waals surface area contributed by atoms with Gasteiger partial charge >= 0.3 is 6.18 Å². The van der Waals surface area contributed by atoms with Gasteiger partial charge in [0.2, 0.25) is 0 Å². The summed E-state index contributed by atoms with van der Waals surface area (Å²) in [6, 6.07) is 3.66. The zero-order valence-electron chi connectivity index (χ0n) is 10.1.